The minimum Gasteiger partial charge on any atom is -0.481 e. The summed E-state index contributed by atoms with van der Waals surface area (Å²) in [6.07, 6.45) is 1.69. The Kier molecular flexibility index (Phi) is 3.00. The molecule has 4 nitrogen and oxygen atoms in total. The first kappa shape index (κ1) is 10.4. The van der Waals surface area contributed by atoms with Crippen LogP contribution in [0.2, 0.25) is 0 Å². The summed E-state index contributed by atoms with van der Waals surface area (Å²) in [6, 6.07) is 9.33. The molecule has 0 aliphatic heterocycles. The van der Waals surface area contributed by atoms with Crippen molar-refractivity contribution in [1.82, 2.24) is 9.97 Å². The van der Waals surface area contributed by atoms with E-state index in [9.17, 15) is 0 Å². The van der Waals surface area contributed by atoms with Gasteiger partial charge < -0.3 is 9.47 Å². The van der Waals surface area contributed by atoms with Crippen LogP contribution >= 0.6 is 0 Å². The van der Waals surface area contributed by atoms with Gasteiger partial charge in [-0.25, -0.2) is 9.97 Å². The van der Waals surface area contributed by atoms with Gasteiger partial charge in [0.2, 0.25) is 11.8 Å². The summed E-state index contributed by atoms with van der Waals surface area (Å²) < 4.78 is 10.1. The second-order valence-electron chi connectivity index (χ2n) is 3.15. The highest BCUT2D eigenvalue weighted by Gasteiger charge is 2.02. The predicted molar refractivity (Wildman–Crippen MR) is 60.6 cm³/mol. The molecule has 0 aromatic carbocycles. The standard InChI is InChI=1S/C12H12N2O2/c1-15-11-5-3-4-10(14-11)9-6-7-13-12(8-9)16-2/h3-8H,1-2H3. The Morgan fingerprint density at radius 2 is 1.81 bits per heavy atom. The molecule has 0 saturated carbocycles. The van der Waals surface area contributed by atoms with Gasteiger partial charge in [-0.1, -0.05) is 6.07 Å². The lowest BCUT2D eigenvalue weighted by Crippen LogP contribution is -1.91. The van der Waals surface area contributed by atoms with Gasteiger partial charge in [-0.3, -0.25) is 0 Å². The number of ether oxygens (including phenoxy) is 2. The molecule has 0 bridgehead atoms. The van der Waals surface area contributed by atoms with Crippen molar-refractivity contribution >= 4 is 0 Å². The average Bonchev–Trinajstić information content (AvgIpc) is 2.39. The molecule has 2 aromatic heterocycles. The van der Waals surface area contributed by atoms with Crippen LogP contribution < -0.4 is 9.47 Å². The minimum absolute atomic E-state index is 0.571. The molecule has 0 radical (unpaired) electrons. The van der Waals surface area contributed by atoms with E-state index in [1.165, 1.54) is 0 Å². The summed E-state index contributed by atoms with van der Waals surface area (Å²) in [5, 5.41) is 0. The first-order valence-corrected chi connectivity index (χ1v) is 4.85. The van der Waals surface area contributed by atoms with E-state index < -0.39 is 0 Å². The maximum absolute atomic E-state index is 5.07. The fourth-order valence-electron chi connectivity index (χ4n) is 1.37. The molecule has 2 aromatic rings. The molecule has 0 fully saturated rings. The molecule has 0 unspecified atom stereocenters. The average molecular weight is 216 g/mol. The van der Waals surface area contributed by atoms with Crippen LogP contribution in [0, 0.1) is 0 Å². The number of hydrogen-bond acceptors (Lipinski definition) is 4. The number of nitrogens with zero attached hydrogens (tertiary/aromatic N) is 2. The largest absolute Gasteiger partial charge is 0.481 e. The van der Waals surface area contributed by atoms with Crippen molar-refractivity contribution in [3.63, 3.8) is 0 Å². The molecule has 0 aliphatic carbocycles. The second kappa shape index (κ2) is 4.61. The highest BCUT2D eigenvalue weighted by atomic mass is 16.5. The van der Waals surface area contributed by atoms with E-state index in [2.05, 4.69) is 9.97 Å². The van der Waals surface area contributed by atoms with E-state index in [1.54, 1.807) is 20.4 Å². The van der Waals surface area contributed by atoms with Gasteiger partial charge in [-0.2, -0.15) is 0 Å². The van der Waals surface area contributed by atoms with E-state index in [0.29, 0.717) is 11.8 Å². The zero-order valence-electron chi connectivity index (χ0n) is 9.18. The zero-order valence-corrected chi connectivity index (χ0v) is 9.18. The molecule has 0 spiro atoms. The van der Waals surface area contributed by atoms with Gasteiger partial charge in [0.15, 0.2) is 0 Å². The van der Waals surface area contributed by atoms with Gasteiger partial charge in [-0.15, -0.1) is 0 Å². The zero-order chi connectivity index (χ0) is 11.4. The summed E-state index contributed by atoms with van der Waals surface area (Å²) in [5.74, 6) is 1.16. The Morgan fingerprint density at radius 3 is 2.56 bits per heavy atom. The predicted octanol–water partition coefficient (Wildman–Crippen LogP) is 2.16. The van der Waals surface area contributed by atoms with Gasteiger partial charge in [0, 0.05) is 23.9 Å². The van der Waals surface area contributed by atoms with E-state index >= 15 is 0 Å². The molecular weight excluding hydrogens is 204 g/mol. The maximum Gasteiger partial charge on any atom is 0.213 e. The van der Waals surface area contributed by atoms with Gasteiger partial charge >= 0.3 is 0 Å². The highest BCUT2D eigenvalue weighted by molar-refractivity contribution is 5.60. The van der Waals surface area contributed by atoms with Crippen molar-refractivity contribution in [2.75, 3.05) is 14.2 Å². The summed E-state index contributed by atoms with van der Waals surface area (Å²) in [6.45, 7) is 0. The van der Waals surface area contributed by atoms with Crippen LogP contribution in [0.5, 0.6) is 11.8 Å². The van der Waals surface area contributed by atoms with Crippen molar-refractivity contribution < 1.29 is 9.47 Å². The quantitative estimate of drug-likeness (QED) is 0.788. The summed E-state index contributed by atoms with van der Waals surface area (Å²) in [5.41, 5.74) is 1.78. The molecule has 4 heteroatoms. The Bertz CT molecular complexity index is 440. The van der Waals surface area contributed by atoms with Gasteiger partial charge in [-0.05, 0) is 12.1 Å². The van der Waals surface area contributed by atoms with Crippen molar-refractivity contribution in [2.45, 2.75) is 0 Å². The molecule has 0 amide bonds. The summed E-state index contributed by atoms with van der Waals surface area (Å²) >= 11 is 0. The SMILES string of the molecule is COc1cc(-c2cccc(OC)n2)ccn1. The summed E-state index contributed by atoms with van der Waals surface area (Å²) in [7, 11) is 3.18. The molecule has 16 heavy (non-hydrogen) atoms. The molecule has 0 N–H and O–H groups in total. The smallest absolute Gasteiger partial charge is 0.213 e. The molecule has 82 valence electrons. The van der Waals surface area contributed by atoms with Crippen molar-refractivity contribution in [3.8, 4) is 23.0 Å². The number of methoxy groups -OCH3 is 2. The van der Waals surface area contributed by atoms with Crippen molar-refractivity contribution in [3.05, 3.63) is 36.5 Å². The topological polar surface area (TPSA) is 44.2 Å². The Hall–Kier alpha value is -2.10. The highest BCUT2D eigenvalue weighted by Crippen LogP contribution is 2.21. The number of pyridine rings is 2. The number of aromatic nitrogens is 2. The molecular formula is C12H12N2O2. The van der Waals surface area contributed by atoms with E-state index in [0.717, 1.165) is 11.3 Å². The minimum atomic E-state index is 0.571. The van der Waals surface area contributed by atoms with Crippen LogP contribution in [0.4, 0.5) is 0 Å². The fraction of sp³-hybridized carbons (Fsp3) is 0.167. The maximum atomic E-state index is 5.07. The van der Waals surface area contributed by atoms with Crippen LogP contribution in [-0.4, -0.2) is 24.2 Å². The third-order valence-electron chi connectivity index (χ3n) is 2.17. The molecule has 0 saturated heterocycles. The van der Waals surface area contributed by atoms with Gasteiger partial charge in [0.05, 0.1) is 19.9 Å². The molecule has 0 aliphatic rings. The molecule has 0 atom stereocenters. The number of hydrogen-bond donors (Lipinski definition) is 0. The second-order valence-corrected chi connectivity index (χ2v) is 3.15. The Morgan fingerprint density at radius 1 is 1.00 bits per heavy atom. The lowest BCUT2D eigenvalue weighted by atomic mass is 10.2. The lowest BCUT2D eigenvalue weighted by Gasteiger charge is -2.04. The normalized spacial score (nSPS) is 9.88. The monoisotopic (exact) mass is 216 g/mol. The van der Waals surface area contributed by atoms with Crippen LogP contribution in [-0.2, 0) is 0 Å². The fourth-order valence-corrected chi connectivity index (χ4v) is 1.37. The number of rotatable bonds is 3. The van der Waals surface area contributed by atoms with Crippen molar-refractivity contribution in [2.24, 2.45) is 0 Å². The molecule has 2 rings (SSSR count). The van der Waals surface area contributed by atoms with E-state index in [4.69, 9.17) is 9.47 Å². The lowest BCUT2D eigenvalue weighted by molar-refractivity contribution is 0.397. The third kappa shape index (κ3) is 2.11. The van der Waals surface area contributed by atoms with Gasteiger partial charge in [0.1, 0.15) is 0 Å². The van der Waals surface area contributed by atoms with Crippen molar-refractivity contribution in [1.29, 1.82) is 0 Å². The third-order valence-corrected chi connectivity index (χ3v) is 2.17. The van der Waals surface area contributed by atoms with Crippen LogP contribution in [0.3, 0.4) is 0 Å². The first-order valence-electron chi connectivity index (χ1n) is 4.85. The van der Waals surface area contributed by atoms with E-state index in [-0.39, 0.29) is 0 Å². The Balaban J connectivity index is 2.41. The van der Waals surface area contributed by atoms with Crippen LogP contribution in [0.25, 0.3) is 11.3 Å². The van der Waals surface area contributed by atoms with E-state index in [1.807, 2.05) is 30.3 Å². The Labute approximate surface area is 93.9 Å². The van der Waals surface area contributed by atoms with Gasteiger partial charge in [0.25, 0.3) is 0 Å². The van der Waals surface area contributed by atoms with Crippen LogP contribution in [0.1, 0.15) is 0 Å². The first-order chi connectivity index (χ1) is 7.83. The molecule has 2 heterocycles. The van der Waals surface area contributed by atoms with Crippen LogP contribution in [0.15, 0.2) is 36.5 Å². The summed E-state index contributed by atoms with van der Waals surface area (Å²) in [4.78, 5) is 8.38.